The standard InChI is InChI=1S/C22H31N3O4/c1-22(2,3)29-21(28)25-12-10-15(11-13-25)16-6-5-7-17(14-16)24(4)18-8-9-19(26)23-20(18)27/h5-7,14-15,18H,8-13H2,1-4H3,(H,23,26,27)/t18-/m1/s1. The summed E-state index contributed by atoms with van der Waals surface area (Å²) in [6.07, 6.45) is 2.40. The van der Waals surface area contributed by atoms with E-state index in [0.29, 0.717) is 31.8 Å². The number of carbonyl (C=O) groups excluding carboxylic acids is 3. The number of hydrogen-bond donors (Lipinski definition) is 1. The number of hydrogen-bond acceptors (Lipinski definition) is 5. The molecule has 0 aliphatic carbocycles. The Balaban J connectivity index is 1.62. The Morgan fingerprint density at radius 2 is 1.86 bits per heavy atom. The minimum absolute atomic E-state index is 0.204. The normalized spacial score (nSPS) is 21.0. The number of piperidine rings is 2. The lowest BCUT2D eigenvalue weighted by atomic mass is 9.89. The molecule has 7 nitrogen and oxygen atoms in total. The number of likely N-dealkylation sites (tertiary alicyclic amines) is 1. The van der Waals surface area contributed by atoms with Crippen molar-refractivity contribution in [3.63, 3.8) is 0 Å². The zero-order valence-corrected chi connectivity index (χ0v) is 17.7. The summed E-state index contributed by atoms with van der Waals surface area (Å²) in [7, 11) is 1.89. The highest BCUT2D eigenvalue weighted by Crippen LogP contribution is 2.31. The maximum Gasteiger partial charge on any atom is 0.410 e. The van der Waals surface area contributed by atoms with Gasteiger partial charge in [-0.05, 0) is 63.6 Å². The fraction of sp³-hybridized carbons (Fsp3) is 0.591. The predicted octanol–water partition coefficient (Wildman–Crippen LogP) is 3.04. The van der Waals surface area contributed by atoms with Crippen LogP contribution in [0, 0.1) is 0 Å². The zero-order valence-electron chi connectivity index (χ0n) is 17.7. The molecule has 158 valence electrons. The van der Waals surface area contributed by atoms with Crippen molar-refractivity contribution in [2.75, 3.05) is 25.0 Å². The molecule has 2 aliphatic heterocycles. The minimum Gasteiger partial charge on any atom is -0.444 e. The molecule has 3 amide bonds. The van der Waals surface area contributed by atoms with Gasteiger partial charge in [-0.2, -0.15) is 0 Å². The van der Waals surface area contributed by atoms with E-state index in [-0.39, 0.29) is 23.9 Å². The monoisotopic (exact) mass is 401 g/mol. The summed E-state index contributed by atoms with van der Waals surface area (Å²) >= 11 is 0. The van der Waals surface area contributed by atoms with Crippen LogP contribution in [0.3, 0.4) is 0 Å². The van der Waals surface area contributed by atoms with E-state index in [0.717, 1.165) is 18.5 Å². The first-order valence-corrected chi connectivity index (χ1v) is 10.3. The van der Waals surface area contributed by atoms with E-state index < -0.39 is 5.60 Å². The van der Waals surface area contributed by atoms with Crippen molar-refractivity contribution < 1.29 is 19.1 Å². The first kappa shape index (κ1) is 21.1. The number of ether oxygens (including phenoxy) is 1. The molecular weight excluding hydrogens is 370 g/mol. The topological polar surface area (TPSA) is 79.0 Å². The number of rotatable bonds is 3. The Kier molecular flexibility index (Phi) is 6.15. The van der Waals surface area contributed by atoms with Crippen molar-refractivity contribution in [3.8, 4) is 0 Å². The van der Waals surface area contributed by atoms with E-state index >= 15 is 0 Å². The lowest BCUT2D eigenvalue weighted by Crippen LogP contribution is -2.51. The smallest absolute Gasteiger partial charge is 0.410 e. The van der Waals surface area contributed by atoms with E-state index in [9.17, 15) is 14.4 Å². The molecule has 2 aliphatic rings. The van der Waals surface area contributed by atoms with Crippen LogP contribution in [0.25, 0.3) is 0 Å². The lowest BCUT2D eigenvalue weighted by Gasteiger charge is -2.34. The molecule has 2 saturated heterocycles. The van der Waals surface area contributed by atoms with Crippen molar-refractivity contribution in [2.24, 2.45) is 0 Å². The second-order valence-corrected chi connectivity index (χ2v) is 8.91. The second kappa shape index (κ2) is 8.43. The summed E-state index contributed by atoms with van der Waals surface area (Å²) in [5.41, 5.74) is 1.69. The summed E-state index contributed by atoms with van der Waals surface area (Å²) in [4.78, 5) is 39.6. The zero-order chi connectivity index (χ0) is 21.2. The van der Waals surface area contributed by atoms with Crippen LogP contribution in [0.15, 0.2) is 24.3 Å². The third-order valence-corrected chi connectivity index (χ3v) is 5.57. The average molecular weight is 402 g/mol. The van der Waals surface area contributed by atoms with Crippen LogP contribution in [0.4, 0.5) is 10.5 Å². The molecule has 0 spiro atoms. The van der Waals surface area contributed by atoms with Gasteiger partial charge in [0, 0.05) is 32.2 Å². The first-order valence-electron chi connectivity index (χ1n) is 10.3. The lowest BCUT2D eigenvalue weighted by molar-refractivity contribution is -0.134. The quantitative estimate of drug-likeness (QED) is 0.788. The molecule has 0 radical (unpaired) electrons. The molecular formula is C22H31N3O4. The van der Waals surface area contributed by atoms with Crippen molar-refractivity contribution in [1.82, 2.24) is 10.2 Å². The number of benzene rings is 1. The van der Waals surface area contributed by atoms with Crippen LogP contribution in [-0.4, -0.2) is 54.6 Å². The molecule has 2 heterocycles. The number of anilines is 1. The molecule has 7 heteroatoms. The van der Waals surface area contributed by atoms with Gasteiger partial charge in [-0.15, -0.1) is 0 Å². The van der Waals surface area contributed by atoms with Crippen molar-refractivity contribution >= 4 is 23.6 Å². The van der Waals surface area contributed by atoms with E-state index in [1.165, 1.54) is 5.56 Å². The van der Waals surface area contributed by atoms with Crippen LogP contribution in [0.5, 0.6) is 0 Å². The second-order valence-electron chi connectivity index (χ2n) is 8.91. The molecule has 1 N–H and O–H groups in total. The fourth-order valence-electron chi connectivity index (χ4n) is 3.95. The highest BCUT2D eigenvalue weighted by atomic mass is 16.6. The van der Waals surface area contributed by atoms with Gasteiger partial charge in [0.2, 0.25) is 11.8 Å². The number of imide groups is 1. The maximum absolute atomic E-state index is 12.3. The van der Waals surface area contributed by atoms with E-state index in [2.05, 4.69) is 17.4 Å². The summed E-state index contributed by atoms with van der Waals surface area (Å²) in [6, 6.07) is 7.89. The van der Waals surface area contributed by atoms with Crippen LogP contribution in [0.1, 0.15) is 57.9 Å². The SMILES string of the molecule is CN(c1cccc(C2CCN(C(=O)OC(C)(C)C)CC2)c1)[C@@H]1CCC(=O)NC1=O. The highest BCUT2D eigenvalue weighted by Gasteiger charge is 2.31. The van der Waals surface area contributed by atoms with Gasteiger partial charge < -0.3 is 14.5 Å². The third-order valence-electron chi connectivity index (χ3n) is 5.57. The van der Waals surface area contributed by atoms with Gasteiger partial charge >= 0.3 is 6.09 Å². The Hall–Kier alpha value is -2.57. The van der Waals surface area contributed by atoms with Crippen molar-refractivity contribution in [3.05, 3.63) is 29.8 Å². The molecule has 0 unspecified atom stereocenters. The molecule has 1 aromatic carbocycles. The Morgan fingerprint density at radius 1 is 1.17 bits per heavy atom. The summed E-state index contributed by atoms with van der Waals surface area (Å²) in [6.45, 7) is 6.98. The van der Waals surface area contributed by atoms with Crippen molar-refractivity contribution in [2.45, 2.75) is 64.0 Å². The highest BCUT2D eigenvalue weighted by molar-refractivity contribution is 6.01. The minimum atomic E-state index is -0.483. The summed E-state index contributed by atoms with van der Waals surface area (Å²) < 4.78 is 5.47. The molecule has 1 aromatic rings. The third kappa shape index (κ3) is 5.28. The van der Waals surface area contributed by atoms with Crippen molar-refractivity contribution in [1.29, 1.82) is 0 Å². The van der Waals surface area contributed by atoms with E-state index in [1.54, 1.807) is 4.90 Å². The number of nitrogens with one attached hydrogen (secondary N) is 1. The Morgan fingerprint density at radius 3 is 2.48 bits per heavy atom. The molecule has 0 saturated carbocycles. The molecule has 29 heavy (non-hydrogen) atoms. The molecule has 2 fully saturated rings. The molecule has 3 rings (SSSR count). The van der Waals surface area contributed by atoms with Gasteiger partial charge in [0.05, 0.1) is 0 Å². The Bertz CT molecular complexity index is 779. The summed E-state index contributed by atoms with van der Waals surface area (Å²) in [5, 5.41) is 2.42. The maximum atomic E-state index is 12.3. The number of likely N-dealkylation sites (N-methyl/N-ethyl adjacent to an activating group) is 1. The van der Waals surface area contributed by atoms with Gasteiger partial charge in [-0.3, -0.25) is 14.9 Å². The molecule has 1 atom stereocenters. The molecule has 0 aromatic heterocycles. The van der Waals surface area contributed by atoms with Crippen LogP contribution in [0.2, 0.25) is 0 Å². The van der Waals surface area contributed by atoms with Crippen LogP contribution >= 0.6 is 0 Å². The largest absolute Gasteiger partial charge is 0.444 e. The average Bonchev–Trinajstić information content (AvgIpc) is 2.66. The fourth-order valence-corrected chi connectivity index (χ4v) is 3.95. The van der Waals surface area contributed by atoms with Crippen LogP contribution in [-0.2, 0) is 14.3 Å². The van der Waals surface area contributed by atoms with Gasteiger partial charge in [0.15, 0.2) is 0 Å². The number of amides is 3. The predicted molar refractivity (Wildman–Crippen MR) is 111 cm³/mol. The molecule has 0 bridgehead atoms. The van der Waals surface area contributed by atoms with E-state index in [4.69, 9.17) is 4.74 Å². The number of nitrogens with zero attached hydrogens (tertiary/aromatic N) is 2. The summed E-state index contributed by atoms with van der Waals surface area (Å²) in [5.74, 6) is -0.0752. The van der Waals surface area contributed by atoms with E-state index in [1.807, 2.05) is 44.9 Å². The van der Waals surface area contributed by atoms with Gasteiger partial charge in [0.25, 0.3) is 0 Å². The van der Waals surface area contributed by atoms with Crippen LogP contribution < -0.4 is 10.2 Å². The first-order chi connectivity index (χ1) is 13.6. The van der Waals surface area contributed by atoms with Gasteiger partial charge in [-0.25, -0.2) is 4.79 Å². The number of carbonyl (C=O) groups is 3. The Labute approximate surface area is 172 Å². The van der Waals surface area contributed by atoms with Gasteiger partial charge in [0.1, 0.15) is 11.6 Å². The van der Waals surface area contributed by atoms with Gasteiger partial charge in [-0.1, -0.05) is 12.1 Å².